The summed E-state index contributed by atoms with van der Waals surface area (Å²) in [5, 5.41) is 0. The van der Waals surface area contributed by atoms with Crippen molar-refractivity contribution in [2.75, 3.05) is 41.3 Å². The van der Waals surface area contributed by atoms with Crippen LogP contribution in [0.4, 0.5) is 0 Å². The van der Waals surface area contributed by atoms with Crippen LogP contribution in [0.25, 0.3) is 0 Å². The Morgan fingerprint density at radius 2 is 1.75 bits per heavy atom. The van der Waals surface area contributed by atoms with E-state index in [-0.39, 0.29) is 0 Å². The molecule has 1 rings (SSSR count). The largest absolute Gasteiger partial charge is 0.481 e. The van der Waals surface area contributed by atoms with Gasteiger partial charge in [-0.2, -0.15) is 0 Å². The molecule has 108 valence electrons. The fourth-order valence-electron chi connectivity index (χ4n) is 1.85. The molecular weight excluding hydrogens is 250 g/mol. The van der Waals surface area contributed by atoms with E-state index in [4.69, 9.17) is 11.2 Å². The summed E-state index contributed by atoms with van der Waals surface area (Å²) in [5.74, 6) is 4.22. The highest BCUT2D eigenvalue weighted by atomic mass is 16.5. The van der Waals surface area contributed by atoms with Gasteiger partial charge in [0.05, 0.1) is 0 Å². The Hall–Kier alpha value is -2.15. The van der Waals surface area contributed by atoms with Gasteiger partial charge in [0.15, 0.2) is 5.96 Å². The molecule has 0 unspecified atom stereocenters. The van der Waals surface area contributed by atoms with E-state index in [1.165, 1.54) is 5.56 Å². The van der Waals surface area contributed by atoms with Crippen molar-refractivity contribution in [3.8, 4) is 18.1 Å². The number of aliphatic imine (C=N–C) groups is 1. The van der Waals surface area contributed by atoms with Gasteiger partial charge in [-0.1, -0.05) is 18.1 Å². The van der Waals surface area contributed by atoms with Gasteiger partial charge in [-0.25, -0.2) is 0 Å². The molecule has 4 nitrogen and oxygen atoms in total. The summed E-state index contributed by atoms with van der Waals surface area (Å²) in [6, 6.07) is 7.98. The molecule has 1 aromatic rings. The van der Waals surface area contributed by atoms with Crippen molar-refractivity contribution in [1.29, 1.82) is 0 Å². The van der Waals surface area contributed by atoms with E-state index in [0.29, 0.717) is 6.61 Å². The van der Waals surface area contributed by atoms with Crippen LogP contribution in [0.2, 0.25) is 0 Å². The molecule has 0 aromatic heterocycles. The fraction of sp³-hybridized carbons (Fsp3) is 0.438. The summed E-state index contributed by atoms with van der Waals surface area (Å²) in [5.41, 5.74) is 1.23. The average Bonchev–Trinajstić information content (AvgIpc) is 2.41. The molecule has 0 aliphatic rings. The lowest BCUT2D eigenvalue weighted by atomic mass is 10.1. The summed E-state index contributed by atoms with van der Waals surface area (Å²) in [7, 11) is 7.99. The van der Waals surface area contributed by atoms with Gasteiger partial charge in [0, 0.05) is 34.7 Å². The molecule has 0 N–H and O–H groups in total. The highest BCUT2D eigenvalue weighted by Gasteiger charge is 2.03. The van der Waals surface area contributed by atoms with Crippen molar-refractivity contribution in [3.05, 3.63) is 29.8 Å². The first-order valence-electron chi connectivity index (χ1n) is 6.59. The van der Waals surface area contributed by atoms with Gasteiger partial charge < -0.3 is 14.5 Å². The summed E-state index contributed by atoms with van der Waals surface area (Å²) in [6.07, 6.45) is 6.05. The first-order chi connectivity index (χ1) is 9.54. The number of terminal acetylenes is 1. The standard InChI is InChI=1S/C16H23N3O/c1-6-13-20-15-9-7-14(8-10-15)11-12-17-16(18(2)3)19(4)5/h1,7-10H,11-13H2,2-5H3. The maximum absolute atomic E-state index is 5.34. The molecule has 1 aromatic carbocycles. The third-order valence-corrected chi connectivity index (χ3v) is 2.70. The molecule has 0 spiro atoms. The van der Waals surface area contributed by atoms with E-state index in [9.17, 15) is 0 Å². The van der Waals surface area contributed by atoms with Crippen LogP contribution in [0.15, 0.2) is 29.3 Å². The second-order valence-corrected chi connectivity index (χ2v) is 4.86. The Morgan fingerprint density at radius 3 is 2.25 bits per heavy atom. The van der Waals surface area contributed by atoms with Crippen molar-refractivity contribution in [1.82, 2.24) is 9.80 Å². The molecule has 0 aliphatic heterocycles. The zero-order valence-corrected chi connectivity index (χ0v) is 12.8. The normalized spacial score (nSPS) is 9.55. The molecule has 0 saturated heterocycles. The Balaban J connectivity index is 2.53. The smallest absolute Gasteiger partial charge is 0.195 e. The zero-order chi connectivity index (χ0) is 15.0. The van der Waals surface area contributed by atoms with Crippen molar-refractivity contribution in [2.45, 2.75) is 6.42 Å². The van der Waals surface area contributed by atoms with E-state index in [0.717, 1.165) is 24.7 Å². The predicted octanol–water partition coefficient (Wildman–Crippen LogP) is 1.72. The molecule has 0 atom stereocenters. The highest BCUT2D eigenvalue weighted by Crippen LogP contribution is 2.12. The summed E-state index contributed by atoms with van der Waals surface area (Å²) in [4.78, 5) is 8.62. The second-order valence-electron chi connectivity index (χ2n) is 4.86. The monoisotopic (exact) mass is 273 g/mol. The molecule has 0 bridgehead atoms. The first kappa shape index (κ1) is 15.9. The van der Waals surface area contributed by atoms with Gasteiger partial charge in [-0.15, -0.1) is 6.42 Å². The molecule has 0 radical (unpaired) electrons. The molecule has 0 saturated carbocycles. The molecule has 4 heteroatoms. The number of ether oxygens (including phenoxy) is 1. The third kappa shape index (κ3) is 5.23. The van der Waals surface area contributed by atoms with Crippen LogP contribution in [0.1, 0.15) is 5.56 Å². The summed E-state index contributed by atoms with van der Waals surface area (Å²) < 4.78 is 5.34. The van der Waals surface area contributed by atoms with E-state index in [1.807, 2.05) is 62.3 Å². The van der Waals surface area contributed by atoms with Crippen molar-refractivity contribution in [2.24, 2.45) is 4.99 Å². The lowest BCUT2D eigenvalue weighted by Gasteiger charge is -2.22. The van der Waals surface area contributed by atoms with Crippen molar-refractivity contribution >= 4 is 5.96 Å². The Morgan fingerprint density at radius 1 is 1.15 bits per heavy atom. The maximum atomic E-state index is 5.34. The Kier molecular flexibility index (Phi) is 6.45. The highest BCUT2D eigenvalue weighted by molar-refractivity contribution is 5.79. The molecule has 0 fully saturated rings. The predicted molar refractivity (Wildman–Crippen MR) is 84.2 cm³/mol. The molecule has 0 heterocycles. The fourth-order valence-corrected chi connectivity index (χ4v) is 1.85. The SMILES string of the molecule is C#CCOc1ccc(CCN=C(N(C)C)N(C)C)cc1. The van der Waals surface area contributed by atoms with Gasteiger partial charge >= 0.3 is 0 Å². The van der Waals surface area contributed by atoms with Gasteiger partial charge in [-0.05, 0) is 24.1 Å². The van der Waals surface area contributed by atoms with Gasteiger partial charge in [-0.3, -0.25) is 4.99 Å². The van der Waals surface area contributed by atoms with Crippen LogP contribution in [-0.2, 0) is 6.42 Å². The lowest BCUT2D eigenvalue weighted by Crippen LogP contribution is -2.35. The van der Waals surface area contributed by atoms with Crippen molar-refractivity contribution < 1.29 is 4.74 Å². The van der Waals surface area contributed by atoms with Crippen molar-refractivity contribution in [3.63, 3.8) is 0 Å². The maximum Gasteiger partial charge on any atom is 0.195 e. The lowest BCUT2D eigenvalue weighted by molar-refractivity contribution is 0.370. The summed E-state index contributed by atoms with van der Waals surface area (Å²) in [6.45, 7) is 1.06. The van der Waals surface area contributed by atoms with E-state index < -0.39 is 0 Å². The topological polar surface area (TPSA) is 28.1 Å². The van der Waals surface area contributed by atoms with Crippen LogP contribution in [-0.4, -0.2) is 57.1 Å². The van der Waals surface area contributed by atoms with E-state index in [1.54, 1.807) is 0 Å². The van der Waals surface area contributed by atoms with Crippen LogP contribution in [0.5, 0.6) is 5.75 Å². The van der Waals surface area contributed by atoms with Crippen LogP contribution in [0.3, 0.4) is 0 Å². The molecular formula is C16H23N3O. The molecule has 20 heavy (non-hydrogen) atoms. The van der Waals surface area contributed by atoms with Crippen LogP contribution < -0.4 is 4.74 Å². The minimum Gasteiger partial charge on any atom is -0.481 e. The number of nitrogens with zero attached hydrogens (tertiary/aromatic N) is 3. The van der Waals surface area contributed by atoms with Gasteiger partial charge in [0.1, 0.15) is 12.4 Å². The average molecular weight is 273 g/mol. The van der Waals surface area contributed by atoms with E-state index in [2.05, 4.69) is 10.9 Å². The Bertz CT molecular complexity index is 459. The number of guanidine groups is 1. The third-order valence-electron chi connectivity index (χ3n) is 2.70. The Labute approximate surface area is 122 Å². The van der Waals surface area contributed by atoms with Crippen LogP contribution >= 0.6 is 0 Å². The molecule has 0 amide bonds. The molecule has 0 aliphatic carbocycles. The van der Waals surface area contributed by atoms with Gasteiger partial charge in [0.25, 0.3) is 0 Å². The zero-order valence-electron chi connectivity index (χ0n) is 12.8. The minimum absolute atomic E-state index is 0.304. The van der Waals surface area contributed by atoms with E-state index >= 15 is 0 Å². The van der Waals surface area contributed by atoms with Crippen LogP contribution in [0, 0.1) is 12.3 Å². The first-order valence-corrected chi connectivity index (χ1v) is 6.59. The number of benzene rings is 1. The number of hydrogen-bond donors (Lipinski definition) is 0. The minimum atomic E-state index is 0.304. The number of rotatable bonds is 5. The second kappa shape index (κ2) is 8.11. The van der Waals surface area contributed by atoms with Gasteiger partial charge in [0.2, 0.25) is 0 Å². The summed E-state index contributed by atoms with van der Waals surface area (Å²) >= 11 is 0. The number of hydrogen-bond acceptors (Lipinski definition) is 2. The quantitative estimate of drug-likeness (QED) is 0.464.